The third-order valence-electron chi connectivity index (χ3n) is 2.47. The molecule has 0 bridgehead atoms. The van der Waals surface area contributed by atoms with Crippen molar-refractivity contribution in [2.45, 2.75) is 18.9 Å². The molecule has 1 aromatic carbocycles. The summed E-state index contributed by atoms with van der Waals surface area (Å²) in [6.07, 6.45) is 6.43. The van der Waals surface area contributed by atoms with E-state index in [0.717, 1.165) is 18.5 Å². The fraction of sp³-hybridized carbons (Fsp3) is 0.250. The maximum Gasteiger partial charge on any atom is 0.335 e. The molecule has 3 heteroatoms. The summed E-state index contributed by atoms with van der Waals surface area (Å²) in [5.74, 6) is -0.888. The summed E-state index contributed by atoms with van der Waals surface area (Å²) in [7, 11) is 0. The maximum absolute atomic E-state index is 10.7. The van der Waals surface area contributed by atoms with Crippen molar-refractivity contribution in [3.05, 3.63) is 42.0 Å². The van der Waals surface area contributed by atoms with E-state index >= 15 is 0 Å². The van der Waals surface area contributed by atoms with Crippen molar-refractivity contribution < 1.29 is 9.90 Å². The lowest BCUT2D eigenvalue weighted by Gasteiger charge is -2.12. The van der Waals surface area contributed by atoms with Gasteiger partial charge in [-0.15, -0.1) is 0 Å². The molecule has 2 N–H and O–H groups in total. The zero-order chi connectivity index (χ0) is 10.7. The molecule has 0 aromatic heterocycles. The number of carbonyl (C=O) groups is 1. The Labute approximate surface area is 88.4 Å². The largest absolute Gasteiger partial charge is 0.478 e. The van der Waals surface area contributed by atoms with Crippen LogP contribution in [0.2, 0.25) is 0 Å². The lowest BCUT2D eigenvalue weighted by molar-refractivity contribution is 0.0697. The molecule has 0 amide bonds. The molecule has 0 saturated carbocycles. The topological polar surface area (TPSA) is 49.3 Å². The lowest BCUT2D eigenvalue weighted by atomic mass is 10.2. The van der Waals surface area contributed by atoms with Crippen molar-refractivity contribution in [2.24, 2.45) is 0 Å². The van der Waals surface area contributed by atoms with Gasteiger partial charge in [0.2, 0.25) is 0 Å². The van der Waals surface area contributed by atoms with E-state index < -0.39 is 5.97 Å². The molecule has 0 saturated heterocycles. The van der Waals surface area contributed by atoms with Gasteiger partial charge in [-0.25, -0.2) is 4.79 Å². The highest BCUT2D eigenvalue weighted by molar-refractivity contribution is 5.88. The Morgan fingerprint density at radius 1 is 1.47 bits per heavy atom. The average molecular weight is 203 g/mol. The van der Waals surface area contributed by atoms with Gasteiger partial charge in [-0.1, -0.05) is 18.2 Å². The highest BCUT2D eigenvalue weighted by Crippen LogP contribution is 2.17. The van der Waals surface area contributed by atoms with Crippen LogP contribution in [0, 0.1) is 0 Å². The molecule has 15 heavy (non-hydrogen) atoms. The highest BCUT2D eigenvalue weighted by atomic mass is 16.4. The highest BCUT2D eigenvalue weighted by Gasteiger charge is 2.09. The Kier molecular flexibility index (Phi) is 2.72. The molecule has 0 aliphatic heterocycles. The maximum atomic E-state index is 10.7. The lowest BCUT2D eigenvalue weighted by Crippen LogP contribution is -2.13. The van der Waals surface area contributed by atoms with Gasteiger partial charge >= 0.3 is 5.97 Å². The Balaban J connectivity index is 2.10. The van der Waals surface area contributed by atoms with Crippen molar-refractivity contribution in [1.82, 2.24) is 0 Å². The van der Waals surface area contributed by atoms with Crippen molar-refractivity contribution >= 4 is 11.7 Å². The van der Waals surface area contributed by atoms with E-state index in [1.807, 2.05) is 6.07 Å². The first-order chi connectivity index (χ1) is 7.25. The van der Waals surface area contributed by atoms with E-state index in [1.165, 1.54) is 0 Å². The van der Waals surface area contributed by atoms with Crippen LogP contribution in [0.3, 0.4) is 0 Å². The fourth-order valence-electron chi connectivity index (χ4n) is 1.71. The van der Waals surface area contributed by atoms with Gasteiger partial charge in [0.05, 0.1) is 5.56 Å². The first-order valence-corrected chi connectivity index (χ1v) is 5.02. The van der Waals surface area contributed by atoms with E-state index in [9.17, 15) is 4.79 Å². The van der Waals surface area contributed by atoms with Gasteiger partial charge in [-0.05, 0) is 31.0 Å². The number of allylic oxidation sites excluding steroid dienone is 1. The second-order valence-corrected chi connectivity index (χ2v) is 3.64. The second-order valence-electron chi connectivity index (χ2n) is 3.64. The van der Waals surface area contributed by atoms with Crippen LogP contribution < -0.4 is 5.32 Å². The summed E-state index contributed by atoms with van der Waals surface area (Å²) in [5, 5.41) is 12.1. The Bertz CT molecular complexity index is 398. The van der Waals surface area contributed by atoms with E-state index in [-0.39, 0.29) is 0 Å². The molecular formula is C12H13NO2. The Morgan fingerprint density at radius 3 is 3.00 bits per heavy atom. The molecule has 1 aromatic rings. The van der Waals surface area contributed by atoms with Gasteiger partial charge < -0.3 is 10.4 Å². The fourth-order valence-corrected chi connectivity index (χ4v) is 1.71. The molecule has 0 unspecified atom stereocenters. The third kappa shape index (κ3) is 2.37. The van der Waals surface area contributed by atoms with E-state index in [4.69, 9.17) is 5.11 Å². The molecule has 0 heterocycles. The van der Waals surface area contributed by atoms with Crippen LogP contribution in [0.15, 0.2) is 36.4 Å². The summed E-state index contributed by atoms with van der Waals surface area (Å²) in [6, 6.07) is 7.24. The SMILES string of the molecule is O=C(O)c1cccc(N[C@@H]2C=CCC2)c1. The molecule has 2 rings (SSSR count). The van der Waals surface area contributed by atoms with Crippen molar-refractivity contribution in [3.63, 3.8) is 0 Å². The molecule has 1 atom stereocenters. The summed E-state index contributed by atoms with van der Waals surface area (Å²) in [5.41, 5.74) is 1.19. The number of carboxylic acid groups (broad SMARTS) is 1. The minimum Gasteiger partial charge on any atom is -0.478 e. The van der Waals surface area contributed by atoms with Gasteiger partial charge in [0.15, 0.2) is 0 Å². The number of hydrogen-bond acceptors (Lipinski definition) is 2. The summed E-state index contributed by atoms with van der Waals surface area (Å²) >= 11 is 0. The number of rotatable bonds is 3. The van der Waals surface area contributed by atoms with E-state index in [2.05, 4.69) is 17.5 Å². The van der Waals surface area contributed by atoms with Crippen LogP contribution in [-0.4, -0.2) is 17.1 Å². The van der Waals surface area contributed by atoms with Crippen LogP contribution >= 0.6 is 0 Å². The number of benzene rings is 1. The van der Waals surface area contributed by atoms with E-state index in [0.29, 0.717) is 11.6 Å². The monoisotopic (exact) mass is 203 g/mol. The van der Waals surface area contributed by atoms with Crippen LogP contribution in [0.25, 0.3) is 0 Å². The molecule has 1 aliphatic carbocycles. The third-order valence-corrected chi connectivity index (χ3v) is 2.47. The summed E-state index contributed by atoms with van der Waals surface area (Å²) < 4.78 is 0. The van der Waals surface area contributed by atoms with Gasteiger partial charge in [-0.3, -0.25) is 0 Å². The summed E-state index contributed by atoms with van der Waals surface area (Å²) in [6.45, 7) is 0. The number of anilines is 1. The van der Waals surface area contributed by atoms with Gasteiger partial charge in [0, 0.05) is 11.7 Å². The zero-order valence-corrected chi connectivity index (χ0v) is 8.31. The Morgan fingerprint density at radius 2 is 2.33 bits per heavy atom. The van der Waals surface area contributed by atoms with Crippen molar-refractivity contribution in [3.8, 4) is 0 Å². The predicted octanol–water partition coefficient (Wildman–Crippen LogP) is 2.52. The number of nitrogens with one attached hydrogen (secondary N) is 1. The molecule has 1 aliphatic rings. The van der Waals surface area contributed by atoms with Crippen molar-refractivity contribution in [2.75, 3.05) is 5.32 Å². The first kappa shape index (κ1) is 9.77. The normalized spacial score (nSPS) is 19.1. The van der Waals surface area contributed by atoms with Crippen LogP contribution in [0.1, 0.15) is 23.2 Å². The standard InChI is InChI=1S/C12H13NO2/c14-12(15)9-4-3-7-11(8-9)13-10-5-1-2-6-10/h1,3-5,7-8,10,13H,2,6H2,(H,14,15)/t10-/m1/s1. The number of carboxylic acids is 1. The summed E-state index contributed by atoms with van der Waals surface area (Å²) in [4.78, 5) is 10.7. The smallest absolute Gasteiger partial charge is 0.335 e. The Hall–Kier alpha value is -1.77. The van der Waals surface area contributed by atoms with Gasteiger partial charge in [-0.2, -0.15) is 0 Å². The van der Waals surface area contributed by atoms with Gasteiger partial charge in [0.1, 0.15) is 0 Å². The van der Waals surface area contributed by atoms with E-state index in [1.54, 1.807) is 18.2 Å². The predicted molar refractivity (Wildman–Crippen MR) is 59.2 cm³/mol. The first-order valence-electron chi connectivity index (χ1n) is 5.02. The minimum atomic E-state index is -0.888. The molecule has 0 radical (unpaired) electrons. The molecule has 0 spiro atoms. The molecular weight excluding hydrogens is 190 g/mol. The van der Waals surface area contributed by atoms with Crippen LogP contribution in [-0.2, 0) is 0 Å². The molecule has 3 nitrogen and oxygen atoms in total. The second kappa shape index (κ2) is 4.17. The minimum absolute atomic E-state index is 0.321. The average Bonchev–Trinajstić information content (AvgIpc) is 2.71. The quantitative estimate of drug-likeness (QED) is 0.742. The molecule has 78 valence electrons. The van der Waals surface area contributed by atoms with Crippen LogP contribution in [0.4, 0.5) is 5.69 Å². The van der Waals surface area contributed by atoms with Crippen LogP contribution in [0.5, 0.6) is 0 Å². The number of aromatic carboxylic acids is 1. The molecule has 0 fully saturated rings. The van der Waals surface area contributed by atoms with Gasteiger partial charge in [0.25, 0.3) is 0 Å². The number of hydrogen-bond donors (Lipinski definition) is 2. The zero-order valence-electron chi connectivity index (χ0n) is 8.31. The van der Waals surface area contributed by atoms with Crippen molar-refractivity contribution in [1.29, 1.82) is 0 Å².